The molecular weight excluding hydrogens is 463 g/mol. The minimum atomic E-state index is -4.71. The van der Waals surface area contributed by atoms with Crippen LogP contribution in [0, 0.1) is 11.3 Å². The molecule has 1 saturated carbocycles. The van der Waals surface area contributed by atoms with Gasteiger partial charge in [-0.3, -0.25) is 9.69 Å². The molecule has 2 aromatic carbocycles. The Balaban J connectivity index is 1.45. The van der Waals surface area contributed by atoms with E-state index in [-0.39, 0.29) is 11.6 Å². The summed E-state index contributed by atoms with van der Waals surface area (Å²) in [4.78, 5) is 22.4. The lowest BCUT2D eigenvalue weighted by molar-refractivity contribution is -0.137. The fourth-order valence-electron chi connectivity index (χ4n) is 4.47. The van der Waals surface area contributed by atoms with Crippen LogP contribution in [0.3, 0.4) is 0 Å². The fourth-order valence-corrected chi connectivity index (χ4v) is 5.45. The average Bonchev–Trinajstić information content (AvgIpc) is 3.11. The first-order valence-electron chi connectivity index (χ1n) is 11.1. The summed E-state index contributed by atoms with van der Waals surface area (Å²) in [6.45, 7) is 3.70. The number of nitrogens with one attached hydrogen (secondary N) is 1. The van der Waals surface area contributed by atoms with Crippen molar-refractivity contribution in [1.29, 1.82) is 5.26 Å². The maximum Gasteiger partial charge on any atom is 0.417 e. The van der Waals surface area contributed by atoms with Gasteiger partial charge in [-0.2, -0.15) is 18.4 Å². The van der Waals surface area contributed by atoms with E-state index in [9.17, 15) is 18.0 Å². The first kappa shape index (κ1) is 22.7. The average molecular weight is 486 g/mol. The van der Waals surface area contributed by atoms with E-state index in [1.165, 1.54) is 22.7 Å². The molecule has 2 aliphatic heterocycles. The van der Waals surface area contributed by atoms with Gasteiger partial charge in [0, 0.05) is 36.8 Å². The van der Waals surface area contributed by atoms with Gasteiger partial charge in [0.25, 0.3) is 5.91 Å². The highest BCUT2D eigenvalue weighted by Crippen LogP contribution is 2.46. The van der Waals surface area contributed by atoms with Crippen LogP contribution in [0.4, 0.5) is 24.5 Å². The Labute approximate surface area is 199 Å². The normalized spacial score (nSPS) is 19.7. The molecule has 0 unspecified atom stereocenters. The molecule has 1 aliphatic carbocycles. The van der Waals surface area contributed by atoms with Crippen LogP contribution in [0.25, 0.3) is 0 Å². The Hall–Kier alpha value is -3.03. The van der Waals surface area contributed by atoms with Gasteiger partial charge in [-0.05, 0) is 61.7 Å². The highest BCUT2D eigenvalue weighted by atomic mass is 32.2. The summed E-state index contributed by atoms with van der Waals surface area (Å²) in [5.41, 5.74) is -1.25. The molecule has 0 radical (unpaired) electrons. The van der Waals surface area contributed by atoms with Crippen molar-refractivity contribution in [2.24, 2.45) is 4.99 Å². The van der Waals surface area contributed by atoms with Gasteiger partial charge in [-0.25, -0.2) is 4.99 Å². The Morgan fingerprint density at radius 3 is 2.32 bits per heavy atom. The lowest BCUT2D eigenvalue weighted by Crippen LogP contribution is -2.47. The van der Waals surface area contributed by atoms with Gasteiger partial charge < -0.3 is 10.2 Å². The molecule has 0 bridgehead atoms. The number of hydrogen-bond acceptors (Lipinski definition) is 6. The number of piperazine rings is 1. The Bertz CT molecular complexity index is 1180. The molecule has 10 heteroatoms. The maximum atomic E-state index is 13.6. The number of carbonyl (C=O) groups is 1. The highest BCUT2D eigenvalue weighted by Gasteiger charge is 2.53. The Morgan fingerprint density at radius 1 is 1.06 bits per heavy atom. The first-order chi connectivity index (χ1) is 16.3. The molecule has 3 aliphatic rings. The van der Waals surface area contributed by atoms with Crippen LogP contribution in [0.1, 0.15) is 30.4 Å². The highest BCUT2D eigenvalue weighted by molar-refractivity contribution is 8.14. The molecular formula is C24H22F3N5OS. The molecule has 6 nitrogen and oxygen atoms in total. The summed E-state index contributed by atoms with van der Waals surface area (Å²) in [7, 11) is 0. The van der Waals surface area contributed by atoms with E-state index < -0.39 is 22.8 Å². The van der Waals surface area contributed by atoms with Gasteiger partial charge >= 0.3 is 6.18 Å². The van der Waals surface area contributed by atoms with Crippen LogP contribution in [-0.4, -0.2) is 42.8 Å². The Morgan fingerprint density at radius 2 is 1.74 bits per heavy atom. The summed E-state index contributed by atoms with van der Waals surface area (Å²) in [5, 5.41) is 12.8. The quantitative estimate of drug-likeness (QED) is 0.698. The molecule has 0 atom stereocenters. The standard InChI is InChI=1S/C24H22F3N5OS/c25-24(26,27)20-14-18(3-2-16(20)15-28)32-21(33)23(8-1-9-23)30-22(32)34-19-6-4-17(5-7-19)31-12-10-29-11-13-31/h2-7,14,29H,1,8-13H2. The maximum absolute atomic E-state index is 13.6. The zero-order chi connectivity index (χ0) is 23.9. The van der Waals surface area contributed by atoms with Gasteiger partial charge in [-0.15, -0.1) is 0 Å². The molecule has 1 amide bonds. The van der Waals surface area contributed by atoms with Crippen LogP contribution in [0.2, 0.25) is 0 Å². The lowest BCUT2D eigenvalue weighted by Gasteiger charge is -2.33. The molecule has 34 heavy (non-hydrogen) atoms. The van der Waals surface area contributed by atoms with Crippen molar-refractivity contribution < 1.29 is 18.0 Å². The molecule has 1 saturated heterocycles. The number of hydrogen-bond donors (Lipinski definition) is 1. The van der Waals surface area contributed by atoms with Crippen LogP contribution < -0.4 is 15.1 Å². The van der Waals surface area contributed by atoms with E-state index in [2.05, 4.69) is 10.2 Å². The molecule has 0 aromatic heterocycles. The number of aliphatic imine (C=N–C) groups is 1. The molecule has 5 rings (SSSR count). The van der Waals surface area contributed by atoms with E-state index in [0.717, 1.165) is 55.3 Å². The number of amides is 1. The van der Waals surface area contributed by atoms with Crippen LogP contribution in [0.15, 0.2) is 52.4 Å². The largest absolute Gasteiger partial charge is 0.417 e. The monoisotopic (exact) mass is 485 g/mol. The van der Waals surface area contributed by atoms with Crippen molar-refractivity contribution in [3.63, 3.8) is 0 Å². The van der Waals surface area contributed by atoms with Gasteiger partial charge in [-0.1, -0.05) is 11.8 Å². The summed E-state index contributed by atoms with van der Waals surface area (Å²) < 4.78 is 40.7. The fraction of sp³-hybridized carbons (Fsp3) is 0.375. The zero-order valence-corrected chi connectivity index (χ0v) is 19.0. The third-order valence-electron chi connectivity index (χ3n) is 6.50. The molecule has 1 N–H and O–H groups in total. The minimum absolute atomic E-state index is 0.0730. The van der Waals surface area contributed by atoms with Crippen molar-refractivity contribution in [2.45, 2.75) is 35.9 Å². The number of benzene rings is 2. The summed E-state index contributed by atoms with van der Waals surface area (Å²) in [6, 6.07) is 12.9. The number of alkyl halides is 3. The number of rotatable bonds is 3. The number of amidine groups is 1. The summed E-state index contributed by atoms with van der Waals surface area (Å²) >= 11 is 1.27. The third kappa shape index (κ3) is 4.03. The summed E-state index contributed by atoms with van der Waals surface area (Å²) in [6.07, 6.45) is -2.70. The molecule has 2 fully saturated rings. The lowest BCUT2D eigenvalue weighted by atomic mass is 9.77. The number of nitriles is 1. The van der Waals surface area contributed by atoms with E-state index >= 15 is 0 Å². The Kier molecular flexibility index (Phi) is 5.78. The number of anilines is 2. The SMILES string of the molecule is N#Cc1ccc(N2C(=O)C3(CCC3)N=C2Sc2ccc(N3CCNCC3)cc2)cc1C(F)(F)F. The van der Waals surface area contributed by atoms with Gasteiger partial charge in [0.15, 0.2) is 5.17 Å². The number of carbonyl (C=O) groups excluding carboxylic acids is 1. The van der Waals surface area contributed by atoms with E-state index in [0.29, 0.717) is 18.0 Å². The second-order valence-corrected chi connectivity index (χ2v) is 9.63. The smallest absolute Gasteiger partial charge is 0.369 e. The first-order valence-corrected chi connectivity index (χ1v) is 11.9. The number of halogens is 3. The van der Waals surface area contributed by atoms with Gasteiger partial charge in [0.2, 0.25) is 0 Å². The van der Waals surface area contributed by atoms with Crippen LogP contribution >= 0.6 is 11.8 Å². The van der Waals surface area contributed by atoms with E-state index in [1.54, 1.807) is 6.07 Å². The number of nitrogens with zero attached hydrogens (tertiary/aromatic N) is 4. The van der Waals surface area contributed by atoms with Crippen molar-refractivity contribution in [2.75, 3.05) is 36.0 Å². The van der Waals surface area contributed by atoms with Crippen LogP contribution in [0.5, 0.6) is 0 Å². The second kappa shape index (κ2) is 8.64. The van der Waals surface area contributed by atoms with Crippen molar-refractivity contribution >= 4 is 34.2 Å². The van der Waals surface area contributed by atoms with Crippen molar-refractivity contribution in [3.8, 4) is 6.07 Å². The third-order valence-corrected chi connectivity index (χ3v) is 7.46. The molecule has 2 heterocycles. The van der Waals surface area contributed by atoms with Crippen molar-refractivity contribution in [1.82, 2.24) is 5.32 Å². The van der Waals surface area contributed by atoms with Crippen LogP contribution in [-0.2, 0) is 11.0 Å². The number of thioether (sulfide) groups is 1. The molecule has 176 valence electrons. The van der Waals surface area contributed by atoms with Gasteiger partial charge in [0.05, 0.1) is 22.9 Å². The molecule has 1 spiro atoms. The minimum Gasteiger partial charge on any atom is -0.369 e. The topological polar surface area (TPSA) is 71.7 Å². The second-order valence-electron chi connectivity index (χ2n) is 8.59. The van der Waals surface area contributed by atoms with Crippen molar-refractivity contribution in [3.05, 3.63) is 53.6 Å². The molecule has 2 aromatic rings. The summed E-state index contributed by atoms with van der Waals surface area (Å²) in [5.74, 6) is -0.309. The zero-order valence-electron chi connectivity index (χ0n) is 18.2. The van der Waals surface area contributed by atoms with E-state index in [1.807, 2.05) is 24.3 Å². The van der Waals surface area contributed by atoms with E-state index in [4.69, 9.17) is 10.3 Å². The predicted molar refractivity (Wildman–Crippen MR) is 125 cm³/mol. The predicted octanol–water partition coefficient (Wildman–Crippen LogP) is 4.40. The van der Waals surface area contributed by atoms with Gasteiger partial charge in [0.1, 0.15) is 5.54 Å².